The summed E-state index contributed by atoms with van der Waals surface area (Å²) in [5.74, 6) is 1.07. The number of ketones is 1. The fourth-order valence-corrected chi connectivity index (χ4v) is 18.3. The van der Waals surface area contributed by atoms with E-state index in [0.717, 1.165) is 19.3 Å². The van der Waals surface area contributed by atoms with E-state index >= 15 is 0 Å². The molecule has 0 saturated heterocycles. The molecule has 1 rings (SSSR count). The quantitative estimate of drug-likeness (QED) is 0.345. The monoisotopic (exact) mass is 414 g/mol. The summed E-state index contributed by atoms with van der Waals surface area (Å²) >= 11 is -2.11. The van der Waals surface area contributed by atoms with Gasteiger partial charge in [0.25, 0.3) is 0 Å². The molecule has 0 aromatic heterocycles. The molecule has 0 amide bonds. The van der Waals surface area contributed by atoms with Gasteiger partial charge >= 0.3 is 143 Å². The Labute approximate surface area is 143 Å². The molecule has 2 heteroatoms. The third kappa shape index (κ3) is 7.66. The Morgan fingerprint density at radius 2 is 1.55 bits per heavy atom. The summed E-state index contributed by atoms with van der Waals surface area (Å²) < 4.78 is 7.39. The number of Topliss-reactive ketones (excluding diaryl/α,β-unsaturated/α-hetero) is 1. The molecule has 0 radical (unpaired) electrons. The van der Waals surface area contributed by atoms with E-state index in [0.29, 0.717) is 11.7 Å². The van der Waals surface area contributed by atoms with Gasteiger partial charge in [-0.1, -0.05) is 0 Å². The van der Waals surface area contributed by atoms with Crippen LogP contribution in [0.5, 0.6) is 0 Å². The van der Waals surface area contributed by atoms with Crippen molar-refractivity contribution in [2.24, 2.45) is 5.92 Å². The Morgan fingerprint density at radius 3 is 2.00 bits per heavy atom. The Balaban J connectivity index is 2.76. The summed E-state index contributed by atoms with van der Waals surface area (Å²) in [6, 6.07) is 0. The van der Waals surface area contributed by atoms with E-state index in [2.05, 4.69) is 30.9 Å². The molecule has 1 nitrogen and oxygen atoms in total. The van der Waals surface area contributed by atoms with Gasteiger partial charge < -0.3 is 0 Å². The molecule has 1 aliphatic rings. The van der Waals surface area contributed by atoms with Crippen molar-refractivity contribution in [2.75, 3.05) is 0 Å². The van der Waals surface area contributed by atoms with Gasteiger partial charge in [0.05, 0.1) is 0 Å². The van der Waals surface area contributed by atoms with E-state index < -0.39 is 18.4 Å². The number of carbonyl (C=O) groups is 1. The topological polar surface area (TPSA) is 17.1 Å². The molecule has 1 atom stereocenters. The van der Waals surface area contributed by atoms with Crippen LogP contribution in [-0.4, -0.2) is 24.2 Å². The van der Waals surface area contributed by atoms with E-state index in [1.54, 1.807) is 13.3 Å². The predicted molar refractivity (Wildman–Crippen MR) is 101 cm³/mol. The fourth-order valence-electron chi connectivity index (χ4n) is 3.77. The minimum atomic E-state index is -2.11. The molecular weight excluding hydrogens is 375 g/mol. The number of unbranched alkanes of at least 4 members (excludes halogenated alkanes) is 3. The summed E-state index contributed by atoms with van der Waals surface area (Å²) in [5.41, 5.74) is 0. The first kappa shape index (κ1) is 20.3. The summed E-state index contributed by atoms with van der Waals surface area (Å²) in [4.78, 5) is 11.7. The molecular formula is C20H38OSn. The molecule has 1 unspecified atom stereocenters. The van der Waals surface area contributed by atoms with Gasteiger partial charge in [-0.2, -0.15) is 0 Å². The number of carbonyl (C=O) groups excluding carboxylic acids is 1. The second-order valence-electron chi connectivity index (χ2n) is 7.43. The molecule has 1 aliphatic carbocycles. The van der Waals surface area contributed by atoms with Crippen molar-refractivity contribution < 1.29 is 4.79 Å². The number of hydrogen-bond donors (Lipinski definition) is 0. The first-order valence-electron chi connectivity index (χ1n) is 9.87. The first-order chi connectivity index (χ1) is 10.7. The Bertz CT molecular complexity index is 313. The van der Waals surface area contributed by atoms with Crippen LogP contribution in [0.25, 0.3) is 0 Å². The Hall–Kier alpha value is 0.209. The predicted octanol–water partition coefficient (Wildman–Crippen LogP) is 6.69. The molecule has 128 valence electrons. The molecule has 0 aliphatic heterocycles. The number of hydrogen-bond acceptors (Lipinski definition) is 1. The van der Waals surface area contributed by atoms with Crippen molar-refractivity contribution in [2.45, 2.75) is 98.3 Å². The molecule has 0 N–H and O–H groups in total. The summed E-state index contributed by atoms with van der Waals surface area (Å²) in [6.07, 6.45) is 14.9. The van der Waals surface area contributed by atoms with Crippen LogP contribution in [0.4, 0.5) is 0 Å². The van der Waals surface area contributed by atoms with Gasteiger partial charge in [0.15, 0.2) is 0 Å². The van der Waals surface area contributed by atoms with Crippen molar-refractivity contribution in [3.05, 3.63) is 10.2 Å². The summed E-state index contributed by atoms with van der Waals surface area (Å²) in [5, 5.41) is 0. The Morgan fingerprint density at radius 1 is 1.00 bits per heavy atom. The first-order valence-corrected chi connectivity index (χ1v) is 17.6. The Kier molecular flexibility index (Phi) is 10.8. The van der Waals surface area contributed by atoms with E-state index in [9.17, 15) is 4.79 Å². The SMILES string of the molecule is CCC[CH2][Sn](/[CH]=C\C1CCCC(=O)C1)([CH2]CCC)[CH2]CCC. The maximum absolute atomic E-state index is 11.7. The zero-order valence-electron chi connectivity index (χ0n) is 15.3. The van der Waals surface area contributed by atoms with Crippen molar-refractivity contribution in [1.82, 2.24) is 0 Å². The van der Waals surface area contributed by atoms with Crippen molar-refractivity contribution in [1.29, 1.82) is 0 Å². The van der Waals surface area contributed by atoms with Gasteiger partial charge in [-0.05, 0) is 0 Å². The summed E-state index contributed by atoms with van der Waals surface area (Å²) in [6.45, 7) is 7.00. The second-order valence-corrected chi connectivity index (χ2v) is 20.4. The summed E-state index contributed by atoms with van der Waals surface area (Å²) in [7, 11) is 0. The van der Waals surface area contributed by atoms with E-state index in [4.69, 9.17) is 0 Å². The third-order valence-corrected chi connectivity index (χ3v) is 19.4. The van der Waals surface area contributed by atoms with Crippen LogP contribution < -0.4 is 0 Å². The zero-order chi connectivity index (χ0) is 16.3. The zero-order valence-corrected chi connectivity index (χ0v) is 18.2. The van der Waals surface area contributed by atoms with Crippen LogP contribution >= 0.6 is 0 Å². The van der Waals surface area contributed by atoms with Crippen LogP contribution in [0.3, 0.4) is 0 Å². The molecule has 0 bridgehead atoms. The van der Waals surface area contributed by atoms with E-state index in [-0.39, 0.29) is 0 Å². The average Bonchev–Trinajstić information content (AvgIpc) is 2.53. The second kappa shape index (κ2) is 11.7. The van der Waals surface area contributed by atoms with Crippen LogP contribution in [0.2, 0.25) is 13.3 Å². The standard InChI is InChI=1S/C8H11O.3C4H9.Sn/c1-2-7-4-3-5-8(9)6-7;3*1-3-4-2;/h1-2,7H,3-6H2;3*1,3-4H2,2H3;. The molecule has 0 aromatic carbocycles. The van der Waals surface area contributed by atoms with Gasteiger partial charge in [0.2, 0.25) is 0 Å². The van der Waals surface area contributed by atoms with Gasteiger partial charge in [0, 0.05) is 0 Å². The maximum atomic E-state index is 11.7. The average molecular weight is 413 g/mol. The molecule has 0 spiro atoms. The molecule has 1 fully saturated rings. The van der Waals surface area contributed by atoms with Gasteiger partial charge in [-0.3, -0.25) is 0 Å². The third-order valence-electron chi connectivity index (χ3n) is 5.33. The molecule has 1 saturated carbocycles. The number of allylic oxidation sites excluding steroid dienone is 1. The molecule has 22 heavy (non-hydrogen) atoms. The minimum absolute atomic E-state index is 0.498. The van der Waals surface area contributed by atoms with Crippen molar-refractivity contribution in [3.8, 4) is 0 Å². The molecule has 0 aromatic rings. The number of rotatable bonds is 11. The van der Waals surface area contributed by atoms with Gasteiger partial charge in [-0.25, -0.2) is 0 Å². The van der Waals surface area contributed by atoms with E-state index in [1.165, 1.54) is 44.9 Å². The van der Waals surface area contributed by atoms with Crippen LogP contribution in [-0.2, 0) is 4.79 Å². The normalized spacial score (nSPS) is 20.0. The fraction of sp³-hybridized carbons (Fsp3) is 0.850. The van der Waals surface area contributed by atoms with E-state index in [1.807, 2.05) is 0 Å². The van der Waals surface area contributed by atoms with Crippen molar-refractivity contribution >= 4 is 24.2 Å². The van der Waals surface area contributed by atoms with Gasteiger partial charge in [-0.15, -0.1) is 0 Å². The van der Waals surface area contributed by atoms with Crippen molar-refractivity contribution in [3.63, 3.8) is 0 Å². The van der Waals surface area contributed by atoms with Crippen LogP contribution in [0, 0.1) is 5.92 Å². The van der Waals surface area contributed by atoms with Crippen LogP contribution in [0.1, 0.15) is 85.0 Å². The van der Waals surface area contributed by atoms with Crippen LogP contribution in [0.15, 0.2) is 10.2 Å². The molecule has 0 heterocycles. The van der Waals surface area contributed by atoms with Gasteiger partial charge in [0.1, 0.15) is 0 Å².